The normalized spacial score (nSPS) is 10.8. The van der Waals surface area contributed by atoms with Gasteiger partial charge in [0, 0.05) is 6.20 Å². The zero-order valence-electron chi connectivity index (χ0n) is 11.9. The van der Waals surface area contributed by atoms with Gasteiger partial charge in [0.15, 0.2) is 0 Å². The van der Waals surface area contributed by atoms with Crippen LogP contribution in [0.1, 0.15) is 17.3 Å². The van der Waals surface area contributed by atoms with Crippen LogP contribution < -0.4 is 5.56 Å². The molecule has 0 bridgehead atoms. The Hall–Kier alpha value is -2.69. The van der Waals surface area contributed by atoms with E-state index in [1.54, 1.807) is 6.20 Å². The minimum absolute atomic E-state index is 0.107. The Morgan fingerprint density at radius 3 is 2.62 bits per heavy atom. The lowest BCUT2D eigenvalue weighted by molar-refractivity contribution is 0.452. The molecule has 0 saturated heterocycles. The third-order valence-electron chi connectivity index (χ3n) is 3.36. The fourth-order valence-electron chi connectivity index (χ4n) is 2.13. The molecule has 5 heteroatoms. The van der Waals surface area contributed by atoms with E-state index in [1.165, 1.54) is 10.9 Å². The van der Waals surface area contributed by atoms with Crippen LogP contribution in [0, 0.1) is 13.8 Å². The highest BCUT2D eigenvalue weighted by atomic mass is 16.4. The van der Waals surface area contributed by atoms with Crippen molar-refractivity contribution in [3.05, 3.63) is 70.6 Å². The Balaban J connectivity index is 1.99. The Kier molecular flexibility index (Phi) is 3.39. The average Bonchev–Trinajstić information content (AvgIpc) is 2.80. The van der Waals surface area contributed by atoms with Gasteiger partial charge in [-0.15, -0.1) is 0 Å². The highest BCUT2D eigenvalue weighted by Gasteiger charge is 2.10. The van der Waals surface area contributed by atoms with Gasteiger partial charge in [0.25, 0.3) is 5.56 Å². The van der Waals surface area contributed by atoms with Crippen LogP contribution in [0.4, 0.5) is 0 Å². The molecule has 1 aromatic carbocycles. The van der Waals surface area contributed by atoms with E-state index in [1.807, 2.05) is 44.2 Å². The molecule has 0 N–H and O–H groups in total. The molecular formula is C16H15N3O2. The molecule has 0 amide bonds. The number of aryl methyl sites for hydroxylation is 2. The summed E-state index contributed by atoms with van der Waals surface area (Å²) in [5.41, 5.74) is 2.15. The van der Waals surface area contributed by atoms with E-state index >= 15 is 0 Å². The molecule has 3 aromatic rings. The lowest BCUT2D eigenvalue weighted by Gasteiger charge is -2.05. The molecule has 21 heavy (non-hydrogen) atoms. The second kappa shape index (κ2) is 5.36. The van der Waals surface area contributed by atoms with Gasteiger partial charge in [0.1, 0.15) is 12.3 Å². The first-order chi connectivity index (χ1) is 10.1. The van der Waals surface area contributed by atoms with Crippen LogP contribution in [0.25, 0.3) is 11.1 Å². The molecule has 2 aromatic heterocycles. The van der Waals surface area contributed by atoms with Crippen LogP contribution in [0.3, 0.4) is 0 Å². The first-order valence-electron chi connectivity index (χ1n) is 6.68. The molecule has 0 spiro atoms. The number of benzene rings is 1. The standard InChI is InChI=1S/C16H15N3O2/c1-11-12(2)21-15(18-11)9-19-10-17-8-14(16(19)20)13-6-4-3-5-7-13/h3-8,10H,9H2,1-2H3. The maximum atomic E-state index is 12.5. The largest absolute Gasteiger partial charge is 0.444 e. The second-order valence-corrected chi connectivity index (χ2v) is 4.86. The van der Waals surface area contributed by atoms with Crippen LogP contribution in [0.2, 0.25) is 0 Å². The van der Waals surface area contributed by atoms with Crippen molar-refractivity contribution in [1.29, 1.82) is 0 Å². The monoisotopic (exact) mass is 281 g/mol. The van der Waals surface area contributed by atoms with Crippen LogP contribution in [-0.2, 0) is 6.54 Å². The number of aromatic nitrogens is 3. The molecule has 0 aliphatic heterocycles. The third-order valence-corrected chi connectivity index (χ3v) is 3.36. The molecule has 0 unspecified atom stereocenters. The van der Waals surface area contributed by atoms with Gasteiger partial charge >= 0.3 is 0 Å². The molecule has 0 radical (unpaired) electrons. The number of nitrogens with zero attached hydrogens (tertiary/aromatic N) is 3. The van der Waals surface area contributed by atoms with Gasteiger partial charge in [-0.05, 0) is 19.4 Å². The van der Waals surface area contributed by atoms with Crippen molar-refractivity contribution in [2.24, 2.45) is 0 Å². The Morgan fingerprint density at radius 1 is 1.19 bits per heavy atom. The van der Waals surface area contributed by atoms with Crippen molar-refractivity contribution in [3.8, 4) is 11.1 Å². The summed E-state index contributed by atoms with van der Waals surface area (Å²) in [5, 5.41) is 0. The smallest absolute Gasteiger partial charge is 0.261 e. The first kappa shape index (κ1) is 13.3. The summed E-state index contributed by atoms with van der Waals surface area (Å²) in [7, 11) is 0. The Morgan fingerprint density at radius 2 is 1.95 bits per heavy atom. The van der Waals surface area contributed by atoms with E-state index < -0.39 is 0 Å². The predicted molar refractivity (Wildman–Crippen MR) is 79.0 cm³/mol. The Bertz CT molecular complexity index is 800. The van der Waals surface area contributed by atoms with Crippen molar-refractivity contribution in [3.63, 3.8) is 0 Å². The number of hydrogen-bond donors (Lipinski definition) is 0. The third kappa shape index (κ3) is 2.63. The summed E-state index contributed by atoms with van der Waals surface area (Å²) in [6, 6.07) is 9.49. The lowest BCUT2D eigenvalue weighted by Crippen LogP contribution is -2.22. The predicted octanol–water partition coefficient (Wildman–Crippen LogP) is 2.56. The van der Waals surface area contributed by atoms with Crippen LogP contribution >= 0.6 is 0 Å². The van der Waals surface area contributed by atoms with Crippen LogP contribution in [0.15, 0.2) is 52.1 Å². The van der Waals surface area contributed by atoms with Crippen LogP contribution in [0.5, 0.6) is 0 Å². The molecule has 0 fully saturated rings. The van der Waals surface area contributed by atoms with Gasteiger partial charge in [-0.3, -0.25) is 9.36 Å². The van der Waals surface area contributed by atoms with Gasteiger partial charge < -0.3 is 4.42 Å². The Labute approximate surface area is 121 Å². The fraction of sp³-hybridized carbons (Fsp3) is 0.188. The summed E-state index contributed by atoms with van der Waals surface area (Å²) >= 11 is 0. The van der Waals surface area contributed by atoms with Crippen molar-refractivity contribution in [2.45, 2.75) is 20.4 Å². The minimum Gasteiger partial charge on any atom is -0.444 e. The molecule has 0 aliphatic carbocycles. The number of rotatable bonds is 3. The molecule has 0 aliphatic rings. The molecule has 106 valence electrons. The molecule has 3 rings (SSSR count). The molecule has 5 nitrogen and oxygen atoms in total. The second-order valence-electron chi connectivity index (χ2n) is 4.86. The van der Waals surface area contributed by atoms with Crippen molar-refractivity contribution < 1.29 is 4.42 Å². The van der Waals surface area contributed by atoms with Crippen molar-refractivity contribution >= 4 is 0 Å². The van der Waals surface area contributed by atoms with E-state index in [9.17, 15) is 4.79 Å². The van der Waals surface area contributed by atoms with Crippen molar-refractivity contribution in [2.75, 3.05) is 0 Å². The summed E-state index contributed by atoms with van der Waals surface area (Å²) in [6.45, 7) is 4.01. The maximum Gasteiger partial charge on any atom is 0.261 e. The number of oxazole rings is 1. The fourth-order valence-corrected chi connectivity index (χ4v) is 2.13. The summed E-state index contributed by atoms with van der Waals surface area (Å²) in [6.07, 6.45) is 3.09. The van der Waals surface area contributed by atoms with E-state index in [-0.39, 0.29) is 12.1 Å². The summed E-state index contributed by atoms with van der Waals surface area (Å²) in [4.78, 5) is 21.0. The van der Waals surface area contributed by atoms with Crippen LogP contribution in [-0.4, -0.2) is 14.5 Å². The van der Waals surface area contributed by atoms with E-state index in [0.717, 1.165) is 17.0 Å². The molecule has 0 atom stereocenters. The zero-order valence-corrected chi connectivity index (χ0v) is 11.9. The maximum absolute atomic E-state index is 12.5. The van der Waals surface area contributed by atoms with Gasteiger partial charge in [-0.1, -0.05) is 30.3 Å². The summed E-state index contributed by atoms with van der Waals surface area (Å²) in [5.74, 6) is 1.28. The lowest BCUT2D eigenvalue weighted by atomic mass is 10.1. The molecular weight excluding hydrogens is 266 g/mol. The molecule has 0 saturated carbocycles. The SMILES string of the molecule is Cc1nc(Cn2cncc(-c3ccccc3)c2=O)oc1C. The first-order valence-corrected chi connectivity index (χ1v) is 6.68. The highest BCUT2D eigenvalue weighted by Crippen LogP contribution is 2.14. The zero-order chi connectivity index (χ0) is 14.8. The average molecular weight is 281 g/mol. The van der Waals surface area contributed by atoms with E-state index in [2.05, 4.69) is 9.97 Å². The van der Waals surface area contributed by atoms with Gasteiger partial charge in [0.2, 0.25) is 5.89 Å². The quantitative estimate of drug-likeness (QED) is 0.740. The van der Waals surface area contributed by atoms with Crippen molar-refractivity contribution in [1.82, 2.24) is 14.5 Å². The van der Waals surface area contributed by atoms with Gasteiger partial charge in [-0.25, -0.2) is 9.97 Å². The molecule has 2 heterocycles. The summed E-state index contributed by atoms with van der Waals surface area (Å²) < 4.78 is 7.03. The van der Waals surface area contributed by atoms with Gasteiger partial charge in [-0.2, -0.15) is 0 Å². The topological polar surface area (TPSA) is 60.9 Å². The van der Waals surface area contributed by atoms with Gasteiger partial charge in [0.05, 0.1) is 17.6 Å². The minimum atomic E-state index is -0.107. The highest BCUT2D eigenvalue weighted by molar-refractivity contribution is 5.60. The van der Waals surface area contributed by atoms with E-state index in [4.69, 9.17) is 4.42 Å². The number of hydrogen-bond acceptors (Lipinski definition) is 4. The van der Waals surface area contributed by atoms with E-state index in [0.29, 0.717) is 11.5 Å².